The molecule has 0 amide bonds. The Labute approximate surface area is 121 Å². The number of aliphatic carboxylic acids is 1. The van der Waals surface area contributed by atoms with Crippen LogP contribution < -0.4 is 0 Å². The van der Waals surface area contributed by atoms with E-state index in [9.17, 15) is 23.1 Å². The lowest BCUT2D eigenvalue weighted by Gasteiger charge is -2.15. The van der Waals surface area contributed by atoms with Crippen LogP contribution >= 0.6 is 0 Å². The molecule has 0 aromatic heterocycles. The molecule has 0 spiro atoms. The summed E-state index contributed by atoms with van der Waals surface area (Å²) in [5.74, 6) is -2.46. The van der Waals surface area contributed by atoms with E-state index in [0.29, 0.717) is 0 Å². The highest BCUT2D eigenvalue weighted by Gasteiger charge is 2.23. The van der Waals surface area contributed by atoms with E-state index >= 15 is 0 Å². The van der Waals surface area contributed by atoms with Gasteiger partial charge in [-0.2, -0.15) is 8.42 Å². The van der Waals surface area contributed by atoms with E-state index in [1.54, 1.807) is 6.07 Å². The Morgan fingerprint density at radius 1 is 1.00 bits per heavy atom. The van der Waals surface area contributed by atoms with Gasteiger partial charge in [0.1, 0.15) is 0 Å². The number of allylic oxidation sites excluding steroid dienone is 3. The van der Waals surface area contributed by atoms with Gasteiger partial charge in [-0.3, -0.25) is 0 Å². The van der Waals surface area contributed by atoms with Crippen molar-refractivity contribution in [2.24, 2.45) is 0 Å². The molecule has 0 aliphatic heterocycles. The van der Waals surface area contributed by atoms with Crippen molar-refractivity contribution in [2.75, 3.05) is 0 Å². The summed E-state index contributed by atoms with van der Waals surface area (Å²) in [5, 5.41) is 18.4. The fourth-order valence-electron chi connectivity index (χ4n) is 2.07. The average molecular weight is 306 g/mol. The Bertz CT molecular complexity index is 819. The third kappa shape index (κ3) is 2.92. The third-order valence-corrected chi connectivity index (χ3v) is 3.74. The van der Waals surface area contributed by atoms with Crippen molar-refractivity contribution in [1.82, 2.24) is 0 Å². The number of hydrogen-bond donors (Lipinski definition) is 2. The molecule has 0 atom stereocenters. The summed E-state index contributed by atoms with van der Waals surface area (Å²) in [6, 6.07) is 5.98. The van der Waals surface area contributed by atoms with Crippen LogP contribution in [0.2, 0.25) is 0 Å². The minimum absolute atomic E-state index is 0.0393. The first-order chi connectivity index (χ1) is 9.91. The van der Waals surface area contributed by atoms with Crippen LogP contribution in [0.3, 0.4) is 0 Å². The zero-order valence-corrected chi connectivity index (χ0v) is 11.4. The molecule has 0 radical (unpaired) electrons. The lowest BCUT2D eigenvalue weighted by atomic mass is 9.89. The Hall–Kier alpha value is -2.67. The molecule has 1 aromatic carbocycles. The Kier molecular flexibility index (Phi) is 4.04. The van der Waals surface area contributed by atoms with Crippen LogP contribution in [0, 0.1) is 0 Å². The van der Waals surface area contributed by atoms with Gasteiger partial charge in [0, 0.05) is 6.42 Å². The normalized spacial score (nSPS) is 14.2. The highest BCUT2D eigenvalue weighted by atomic mass is 32.2. The molecule has 21 heavy (non-hydrogen) atoms. The minimum Gasteiger partial charge on any atom is -0.478 e. The van der Waals surface area contributed by atoms with Crippen LogP contribution in [0.25, 0.3) is 5.57 Å². The van der Waals surface area contributed by atoms with Gasteiger partial charge in [0.2, 0.25) is 10.3 Å². The number of hydrogen-bond acceptors (Lipinski definition) is 4. The van der Waals surface area contributed by atoms with Gasteiger partial charge in [-0.25, -0.2) is 9.59 Å². The van der Waals surface area contributed by atoms with E-state index in [1.807, 2.05) is 0 Å². The van der Waals surface area contributed by atoms with E-state index in [-0.39, 0.29) is 33.6 Å². The standard InChI is InChI=1S/C14H10O6S/c15-13(16)11-4-2-1-3-9(11)10-6-5-8(21(19)20)7-12(10)14(17)18/h1-6H,7H2,(H,15,16)(H,17,18). The minimum atomic E-state index is -2.51. The molecule has 108 valence electrons. The van der Waals surface area contributed by atoms with Gasteiger partial charge in [-0.05, 0) is 23.3 Å². The molecule has 0 heterocycles. The zero-order chi connectivity index (χ0) is 15.6. The topological polar surface area (TPSA) is 109 Å². The zero-order valence-electron chi connectivity index (χ0n) is 10.6. The molecule has 2 rings (SSSR count). The third-order valence-electron chi connectivity index (χ3n) is 3.03. The smallest absolute Gasteiger partial charge is 0.336 e. The number of carboxylic acids is 2. The van der Waals surface area contributed by atoms with Gasteiger partial charge < -0.3 is 10.2 Å². The summed E-state index contributed by atoms with van der Waals surface area (Å²) in [6.07, 6.45) is 2.33. The van der Waals surface area contributed by atoms with Gasteiger partial charge in [-0.15, -0.1) is 0 Å². The van der Waals surface area contributed by atoms with Gasteiger partial charge in [0.25, 0.3) is 0 Å². The average Bonchev–Trinajstić information content (AvgIpc) is 2.46. The number of carbonyl (C=O) groups is 2. The van der Waals surface area contributed by atoms with Crippen LogP contribution in [-0.2, 0) is 15.1 Å². The molecule has 2 N–H and O–H groups in total. The lowest BCUT2D eigenvalue weighted by Crippen LogP contribution is -2.14. The summed E-state index contributed by atoms with van der Waals surface area (Å²) >= 11 is 0. The van der Waals surface area contributed by atoms with Crippen molar-refractivity contribution in [3.63, 3.8) is 0 Å². The summed E-state index contributed by atoms with van der Waals surface area (Å²) in [4.78, 5) is 22.5. The van der Waals surface area contributed by atoms with Crippen molar-refractivity contribution in [1.29, 1.82) is 0 Å². The maximum Gasteiger partial charge on any atom is 0.336 e. The molecule has 0 saturated carbocycles. The van der Waals surface area contributed by atoms with Crippen LogP contribution in [-0.4, -0.2) is 35.4 Å². The van der Waals surface area contributed by atoms with Gasteiger partial charge in [-0.1, -0.05) is 24.3 Å². The highest BCUT2D eigenvalue weighted by Crippen LogP contribution is 2.29. The quantitative estimate of drug-likeness (QED) is 0.813. The Balaban J connectivity index is 2.70. The fourth-order valence-corrected chi connectivity index (χ4v) is 2.51. The van der Waals surface area contributed by atoms with E-state index in [4.69, 9.17) is 5.11 Å². The molecule has 7 heteroatoms. The molecule has 0 unspecified atom stereocenters. The predicted molar refractivity (Wildman–Crippen MR) is 75.6 cm³/mol. The van der Waals surface area contributed by atoms with E-state index in [0.717, 1.165) is 0 Å². The maximum absolute atomic E-state index is 11.3. The Morgan fingerprint density at radius 3 is 2.24 bits per heavy atom. The van der Waals surface area contributed by atoms with Gasteiger partial charge >= 0.3 is 11.9 Å². The SMILES string of the molecule is O=C(O)C1=C(c2ccccc2C(=O)O)C=CC(=S(=O)=O)C1. The summed E-state index contributed by atoms with van der Waals surface area (Å²) < 4.78 is 21.9. The van der Waals surface area contributed by atoms with Crippen LogP contribution in [0.1, 0.15) is 22.3 Å². The van der Waals surface area contributed by atoms with Crippen molar-refractivity contribution >= 4 is 32.7 Å². The number of aromatic carboxylic acids is 1. The maximum atomic E-state index is 11.3. The first-order valence-corrected chi connectivity index (χ1v) is 6.91. The molecule has 1 aromatic rings. The predicted octanol–water partition coefficient (Wildman–Crippen LogP) is 1.23. The van der Waals surface area contributed by atoms with E-state index in [1.165, 1.54) is 30.4 Å². The van der Waals surface area contributed by atoms with E-state index in [2.05, 4.69) is 0 Å². The first kappa shape index (κ1) is 14.7. The summed E-state index contributed by atoms with van der Waals surface area (Å²) in [7, 11) is -2.51. The van der Waals surface area contributed by atoms with Crippen LogP contribution in [0.4, 0.5) is 0 Å². The van der Waals surface area contributed by atoms with E-state index < -0.39 is 22.2 Å². The molecular weight excluding hydrogens is 296 g/mol. The van der Waals surface area contributed by atoms with Crippen molar-refractivity contribution in [3.8, 4) is 0 Å². The molecular formula is C14H10O6S. The van der Waals surface area contributed by atoms with Gasteiger partial charge in [0.05, 0.1) is 16.0 Å². The fraction of sp³-hybridized carbons (Fsp3) is 0.0714. The second-order valence-electron chi connectivity index (χ2n) is 4.26. The Morgan fingerprint density at radius 2 is 1.67 bits per heavy atom. The molecule has 1 aliphatic rings. The van der Waals surface area contributed by atoms with Gasteiger partial charge in [0.15, 0.2) is 0 Å². The number of rotatable bonds is 3. The molecule has 0 fully saturated rings. The van der Waals surface area contributed by atoms with Crippen LogP contribution in [0.15, 0.2) is 42.0 Å². The molecule has 0 bridgehead atoms. The van der Waals surface area contributed by atoms with Crippen LogP contribution in [0.5, 0.6) is 0 Å². The summed E-state index contributed by atoms with van der Waals surface area (Å²) in [6.45, 7) is 0. The first-order valence-electron chi connectivity index (χ1n) is 5.84. The molecule has 1 aliphatic carbocycles. The monoisotopic (exact) mass is 306 g/mol. The number of carboxylic acid groups (broad SMARTS) is 2. The van der Waals surface area contributed by atoms with Crippen molar-refractivity contribution in [2.45, 2.75) is 6.42 Å². The highest BCUT2D eigenvalue weighted by molar-refractivity contribution is 7.73. The largest absolute Gasteiger partial charge is 0.478 e. The number of benzene rings is 1. The second-order valence-corrected chi connectivity index (χ2v) is 5.25. The second kappa shape index (κ2) is 5.76. The molecule has 6 nitrogen and oxygen atoms in total. The lowest BCUT2D eigenvalue weighted by molar-refractivity contribution is -0.132. The van der Waals surface area contributed by atoms with Crippen molar-refractivity contribution in [3.05, 3.63) is 53.1 Å². The van der Waals surface area contributed by atoms with Crippen molar-refractivity contribution < 1.29 is 28.2 Å². The summed E-state index contributed by atoms with van der Waals surface area (Å²) in [5.41, 5.74) is 0.261. The molecule has 0 saturated heterocycles.